The highest BCUT2D eigenvalue weighted by molar-refractivity contribution is 7.89. The predicted molar refractivity (Wildman–Crippen MR) is 68.0 cm³/mol. The number of nitrogens with one attached hydrogen (secondary N) is 2. The van der Waals surface area contributed by atoms with E-state index in [-0.39, 0.29) is 11.1 Å². The molecule has 1 aliphatic rings. The maximum absolute atomic E-state index is 12.2. The van der Waals surface area contributed by atoms with Crippen molar-refractivity contribution < 1.29 is 12.8 Å². The normalized spacial score (nSPS) is 19.3. The van der Waals surface area contributed by atoms with Crippen LogP contribution in [0.5, 0.6) is 0 Å². The number of hydrogen-bond acceptors (Lipinski definition) is 4. The minimum absolute atomic E-state index is 0.0978. The third kappa shape index (κ3) is 2.31. The van der Waals surface area contributed by atoms with E-state index < -0.39 is 10.0 Å². The van der Waals surface area contributed by atoms with Crippen molar-refractivity contribution >= 4 is 10.0 Å². The molecule has 2 aromatic heterocycles. The highest BCUT2D eigenvalue weighted by atomic mass is 32.2. The minimum Gasteiger partial charge on any atom is -0.469 e. The van der Waals surface area contributed by atoms with Crippen LogP contribution in [0.3, 0.4) is 0 Å². The second kappa shape index (κ2) is 4.50. The Bertz CT molecular complexity index is 687. The lowest BCUT2D eigenvalue weighted by Crippen LogP contribution is -2.30. The number of aromatic nitrogens is 2. The molecule has 0 saturated heterocycles. The van der Waals surface area contributed by atoms with E-state index in [9.17, 15) is 8.42 Å². The summed E-state index contributed by atoms with van der Waals surface area (Å²) in [6, 6.07) is 1.61. The number of hydrogen-bond donors (Lipinski definition) is 2. The van der Waals surface area contributed by atoms with Gasteiger partial charge in [0.1, 0.15) is 11.6 Å². The van der Waals surface area contributed by atoms with Gasteiger partial charge in [0.25, 0.3) is 10.0 Å². The molecule has 0 amide bonds. The molecular weight excluding hydrogens is 266 g/mol. The van der Waals surface area contributed by atoms with Gasteiger partial charge in [0, 0.05) is 12.0 Å². The van der Waals surface area contributed by atoms with Crippen molar-refractivity contribution in [3.63, 3.8) is 0 Å². The molecule has 2 aromatic rings. The van der Waals surface area contributed by atoms with Crippen LogP contribution in [0.2, 0.25) is 0 Å². The molecule has 0 aromatic carbocycles. The van der Waals surface area contributed by atoms with E-state index >= 15 is 0 Å². The Balaban J connectivity index is 1.87. The molecule has 0 radical (unpaired) electrons. The number of aryl methyl sites for hydroxylation is 2. The first kappa shape index (κ1) is 12.4. The fourth-order valence-electron chi connectivity index (χ4n) is 2.39. The standard InChI is InChI=1S/C12H15N3O3S/c1-8-13-7-12(14-8)19(16,17)15-10-3-2-4-11-9(10)5-6-18-11/h5-7,10,15H,2-4H2,1H3,(H,13,14). The van der Waals surface area contributed by atoms with E-state index in [1.165, 1.54) is 6.20 Å². The maximum atomic E-state index is 12.2. The molecule has 0 saturated carbocycles. The quantitative estimate of drug-likeness (QED) is 0.895. The lowest BCUT2D eigenvalue weighted by Gasteiger charge is -2.22. The predicted octanol–water partition coefficient (Wildman–Crippen LogP) is 1.67. The van der Waals surface area contributed by atoms with Gasteiger partial charge in [0.05, 0.1) is 18.5 Å². The SMILES string of the molecule is Cc1ncc(S(=O)(=O)NC2CCCc3occc32)[nH]1. The van der Waals surface area contributed by atoms with Crippen LogP contribution < -0.4 is 4.72 Å². The first-order valence-electron chi connectivity index (χ1n) is 6.16. The van der Waals surface area contributed by atoms with Crippen LogP contribution >= 0.6 is 0 Å². The molecule has 1 aliphatic carbocycles. The molecule has 0 bridgehead atoms. The molecule has 0 spiro atoms. The van der Waals surface area contributed by atoms with Crippen LogP contribution in [-0.4, -0.2) is 18.4 Å². The molecule has 7 heteroatoms. The van der Waals surface area contributed by atoms with Crippen LogP contribution in [0, 0.1) is 6.92 Å². The van der Waals surface area contributed by atoms with Crippen LogP contribution in [0.15, 0.2) is 28.0 Å². The zero-order valence-corrected chi connectivity index (χ0v) is 11.3. The smallest absolute Gasteiger partial charge is 0.258 e. The van der Waals surface area contributed by atoms with E-state index in [1.54, 1.807) is 13.2 Å². The van der Waals surface area contributed by atoms with Crippen molar-refractivity contribution in [3.8, 4) is 0 Å². The summed E-state index contributed by atoms with van der Waals surface area (Å²) in [5.41, 5.74) is 0.936. The van der Waals surface area contributed by atoms with Gasteiger partial charge in [-0.25, -0.2) is 18.1 Å². The molecule has 6 nitrogen and oxygen atoms in total. The van der Waals surface area contributed by atoms with Gasteiger partial charge in [0.15, 0.2) is 5.03 Å². The van der Waals surface area contributed by atoms with Crippen LogP contribution in [0.1, 0.15) is 36.0 Å². The Hall–Kier alpha value is -1.60. The van der Waals surface area contributed by atoms with Crippen molar-refractivity contribution in [2.75, 3.05) is 0 Å². The van der Waals surface area contributed by atoms with E-state index in [0.29, 0.717) is 5.82 Å². The summed E-state index contributed by atoms with van der Waals surface area (Å²) >= 11 is 0. The van der Waals surface area contributed by atoms with Gasteiger partial charge in [-0.05, 0) is 25.8 Å². The van der Waals surface area contributed by atoms with Gasteiger partial charge in [-0.1, -0.05) is 0 Å². The van der Waals surface area contributed by atoms with Crippen molar-refractivity contribution in [1.29, 1.82) is 0 Å². The van der Waals surface area contributed by atoms with Crippen molar-refractivity contribution in [2.45, 2.75) is 37.3 Å². The zero-order chi connectivity index (χ0) is 13.5. The lowest BCUT2D eigenvalue weighted by molar-refractivity contribution is 0.438. The van der Waals surface area contributed by atoms with Gasteiger partial charge < -0.3 is 9.40 Å². The van der Waals surface area contributed by atoms with Crippen LogP contribution in [0.25, 0.3) is 0 Å². The summed E-state index contributed by atoms with van der Waals surface area (Å²) in [5.74, 6) is 1.45. The van der Waals surface area contributed by atoms with Gasteiger partial charge >= 0.3 is 0 Å². The minimum atomic E-state index is -3.57. The lowest BCUT2D eigenvalue weighted by atomic mass is 9.94. The first-order valence-corrected chi connectivity index (χ1v) is 7.65. The Morgan fingerprint density at radius 2 is 2.37 bits per heavy atom. The summed E-state index contributed by atoms with van der Waals surface area (Å²) in [4.78, 5) is 6.66. The third-order valence-electron chi connectivity index (χ3n) is 3.32. The Kier molecular flexibility index (Phi) is 2.94. The number of furan rings is 1. The number of H-pyrrole nitrogens is 1. The number of nitrogens with zero attached hydrogens (tertiary/aromatic N) is 1. The number of fused-ring (bicyclic) bond motifs is 1. The zero-order valence-electron chi connectivity index (χ0n) is 10.5. The molecule has 1 unspecified atom stereocenters. The molecule has 0 aliphatic heterocycles. The molecule has 2 N–H and O–H groups in total. The average molecular weight is 281 g/mol. The Morgan fingerprint density at radius 1 is 1.53 bits per heavy atom. The molecule has 1 atom stereocenters. The summed E-state index contributed by atoms with van der Waals surface area (Å²) in [6.45, 7) is 1.72. The van der Waals surface area contributed by atoms with E-state index in [2.05, 4.69) is 14.7 Å². The van der Waals surface area contributed by atoms with Crippen molar-refractivity contribution in [1.82, 2.24) is 14.7 Å². The molecule has 102 valence electrons. The summed E-state index contributed by atoms with van der Waals surface area (Å²) in [6.07, 6.45) is 5.49. The fourth-order valence-corrected chi connectivity index (χ4v) is 3.61. The summed E-state index contributed by atoms with van der Waals surface area (Å²) < 4.78 is 32.5. The van der Waals surface area contributed by atoms with E-state index in [4.69, 9.17) is 4.42 Å². The molecule has 19 heavy (non-hydrogen) atoms. The molecule has 0 fully saturated rings. The molecular formula is C12H15N3O3S. The summed E-state index contributed by atoms with van der Waals surface area (Å²) in [7, 11) is -3.57. The maximum Gasteiger partial charge on any atom is 0.258 e. The fraction of sp³-hybridized carbons (Fsp3) is 0.417. The molecule has 3 rings (SSSR count). The number of imidazole rings is 1. The first-order chi connectivity index (χ1) is 9.06. The summed E-state index contributed by atoms with van der Waals surface area (Å²) in [5, 5.41) is 0.0978. The highest BCUT2D eigenvalue weighted by Gasteiger charge is 2.28. The molecule has 2 heterocycles. The number of rotatable bonds is 3. The van der Waals surface area contributed by atoms with E-state index in [0.717, 1.165) is 30.6 Å². The monoisotopic (exact) mass is 281 g/mol. The Morgan fingerprint density at radius 3 is 3.11 bits per heavy atom. The Labute approximate surface area is 111 Å². The van der Waals surface area contributed by atoms with Gasteiger partial charge in [-0.15, -0.1) is 0 Å². The van der Waals surface area contributed by atoms with E-state index in [1.807, 2.05) is 6.07 Å². The van der Waals surface area contributed by atoms with Crippen LogP contribution in [0.4, 0.5) is 0 Å². The number of sulfonamides is 1. The van der Waals surface area contributed by atoms with Gasteiger partial charge in [0.2, 0.25) is 0 Å². The largest absolute Gasteiger partial charge is 0.469 e. The average Bonchev–Trinajstić information content (AvgIpc) is 2.97. The van der Waals surface area contributed by atoms with Crippen LogP contribution in [-0.2, 0) is 16.4 Å². The van der Waals surface area contributed by atoms with Gasteiger partial charge in [-0.3, -0.25) is 0 Å². The second-order valence-electron chi connectivity index (χ2n) is 4.70. The van der Waals surface area contributed by atoms with Crippen molar-refractivity contribution in [2.24, 2.45) is 0 Å². The number of aromatic amines is 1. The van der Waals surface area contributed by atoms with Crippen molar-refractivity contribution in [3.05, 3.63) is 35.7 Å². The topological polar surface area (TPSA) is 88.0 Å². The van der Waals surface area contributed by atoms with Gasteiger partial charge in [-0.2, -0.15) is 0 Å². The second-order valence-corrected chi connectivity index (χ2v) is 6.38. The highest BCUT2D eigenvalue weighted by Crippen LogP contribution is 2.31. The third-order valence-corrected chi connectivity index (χ3v) is 4.70.